The lowest BCUT2D eigenvalue weighted by atomic mass is 10.2. The lowest BCUT2D eigenvalue weighted by Crippen LogP contribution is -2.49. The maximum absolute atomic E-state index is 5.95. The summed E-state index contributed by atoms with van der Waals surface area (Å²) in [5.74, 6) is 2.98. The molecule has 0 aromatic carbocycles. The zero-order chi connectivity index (χ0) is 17.4. The Morgan fingerprint density at radius 1 is 1.28 bits per heavy atom. The highest BCUT2D eigenvalue weighted by Gasteiger charge is 2.23. The van der Waals surface area contributed by atoms with Crippen molar-refractivity contribution >= 4 is 41.7 Å². The van der Waals surface area contributed by atoms with Gasteiger partial charge < -0.3 is 15.0 Å². The van der Waals surface area contributed by atoms with Crippen LogP contribution < -0.4 is 5.32 Å². The highest BCUT2D eigenvalue weighted by molar-refractivity contribution is 14.0. The molecule has 0 bridgehead atoms. The van der Waals surface area contributed by atoms with Crippen molar-refractivity contribution in [2.75, 3.05) is 58.2 Å². The molecule has 25 heavy (non-hydrogen) atoms. The minimum absolute atomic E-state index is 0. The fourth-order valence-electron chi connectivity index (χ4n) is 3.35. The average molecular weight is 484 g/mol. The first-order valence-electron chi connectivity index (χ1n) is 9.61. The summed E-state index contributed by atoms with van der Waals surface area (Å²) >= 11 is 2.10. The number of nitrogens with one attached hydrogen (secondary N) is 1. The second-order valence-electron chi connectivity index (χ2n) is 7.19. The van der Waals surface area contributed by atoms with E-state index >= 15 is 0 Å². The molecule has 2 rings (SSSR count). The Morgan fingerprint density at radius 3 is 2.76 bits per heavy atom. The SMILES string of the molecule is CCNC(=NCC1CN(CC(C)C)CCO1)N1CCSC(CC)C1.I. The van der Waals surface area contributed by atoms with E-state index in [1.54, 1.807) is 0 Å². The van der Waals surface area contributed by atoms with Gasteiger partial charge in [-0.3, -0.25) is 9.89 Å². The molecule has 2 aliphatic heterocycles. The number of hydrogen-bond acceptors (Lipinski definition) is 4. The molecule has 0 radical (unpaired) electrons. The molecule has 0 amide bonds. The van der Waals surface area contributed by atoms with Crippen LogP contribution in [0.4, 0.5) is 0 Å². The number of rotatable bonds is 6. The van der Waals surface area contributed by atoms with Gasteiger partial charge in [-0.05, 0) is 19.3 Å². The number of halogens is 1. The molecule has 0 aliphatic carbocycles. The van der Waals surface area contributed by atoms with Gasteiger partial charge >= 0.3 is 0 Å². The third kappa shape index (κ3) is 8.22. The van der Waals surface area contributed by atoms with E-state index in [2.05, 4.69) is 54.6 Å². The van der Waals surface area contributed by atoms with Crippen molar-refractivity contribution in [1.82, 2.24) is 15.1 Å². The van der Waals surface area contributed by atoms with Crippen LogP contribution >= 0.6 is 35.7 Å². The first-order valence-corrected chi connectivity index (χ1v) is 10.7. The summed E-state index contributed by atoms with van der Waals surface area (Å²) in [6, 6.07) is 0. The molecule has 2 unspecified atom stereocenters. The van der Waals surface area contributed by atoms with E-state index in [4.69, 9.17) is 9.73 Å². The van der Waals surface area contributed by atoms with E-state index in [1.165, 1.54) is 12.2 Å². The van der Waals surface area contributed by atoms with Gasteiger partial charge in [-0.15, -0.1) is 24.0 Å². The number of ether oxygens (including phenoxy) is 1. The molecule has 2 saturated heterocycles. The van der Waals surface area contributed by atoms with Crippen molar-refractivity contribution in [3.8, 4) is 0 Å². The monoisotopic (exact) mass is 484 g/mol. The smallest absolute Gasteiger partial charge is 0.194 e. The predicted octanol–water partition coefficient (Wildman–Crippen LogP) is 2.75. The fourth-order valence-corrected chi connectivity index (χ4v) is 4.53. The highest BCUT2D eigenvalue weighted by atomic mass is 127. The van der Waals surface area contributed by atoms with Crippen LogP contribution in [0, 0.1) is 5.92 Å². The van der Waals surface area contributed by atoms with Crippen molar-refractivity contribution in [2.24, 2.45) is 10.9 Å². The zero-order valence-corrected chi connectivity index (χ0v) is 19.5. The summed E-state index contributed by atoms with van der Waals surface area (Å²) < 4.78 is 5.95. The molecule has 0 saturated carbocycles. The summed E-state index contributed by atoms with van der Waals surface area (Å²) in [6.07, 6.45) is 1.46. The molecule has 148 valence electrons. The van der Waals surface area contributed by atoms with Crippen LogP contribution in [0.2, 0.25) is 0 Å². The highest BCUT2D eigenvalue weighted by Crippen LogP contribution is 2.21. The minimum Gasteiger partial charge on any atom is -0.374 e. The van der Waals surface area contributed by atoms with E-state index in [0.717, 1.165) is 63.6 Å². The number of morpholine rings is 1. The topological polar surface area (TPSA) is 40.1 Å². The van der Waals surface area contributed by atoms with E-state index in [0.29, 0.717) is 5.92 Å². The van der Waals surface area contributed by atoms with Gasteiger partial charge in [-0.1, -0.05) is 20.8 Å². The molecule has 5 nitrogen and oxygen atoms in total. The summed E-state index contributed by atoms with van der Waals surface area (Å²) in [5, 5.41) is 4.21. The summed E-state index contributed by atoms with van der Waals surface area (Å²) in [6.45, 7) is 16.9. The molecular weight excluding hydrogens is 447 g/mol. The van der Waals surface area contributed by atoms with E-state index < -0.39 is 0 Å². The van der Waals surface area contributed by atoms with Crippen molar-refractivity contribution < 1.29 is 4.74 Å². The summed E-state index contributed by atoms with van der Waals surface area (Å²) in [5.41, 5.74) is 0. The molecular formula is C18H37IN4OS. The van der Waals surface area contributed by atoms with Gasteiger partial charge in [0.25, 0.3) is 0 Å². The van der Waals surface area contributed by atoms with Crippen molar-refractivity contribution in [3.63, 3.8) is 0 Å². The standard InChI is InChI=1S/C18H36N4OS.HI/c1-5-17-14-22(8-10-24-17)18(19-6-2)20-11-16-13-21(7-9-23-16)12-15(3)4;/h15-17H,5-14H2,1-4H3,(H,19,20);1H. The van der Waals surface area contributed by atoms with Gasteiger partial charge in [0.05, 0.1) is 19.3 Å². The van der Waals surface area contributed by atoms with Crippen LogP contribution in [-0.4, -0.2) is 85.3 Å². The lowest BCUT2D eigenvalue weighted by Gasteiger charge is -2.35. The summed E-state index contributed by atoms with van der Waals surface area (Å²) in [7, 11) is 0. The molecule has 0 spiro atoms. The van der Waals surface area contributed by atoms with Crippen LogP contribution in [0.5, 0.6) is 0 Å². The first kappa shape index (κ1) is 23.3. The minimum atomic E-state index is 0. The second kappa shape index (κ2) is 12.6. The van der Waals surface area contributed by atoms with Gasteiger partial charge in [-0.2, -0.15) is 11.8 Å². The largest absolute Gasteiger partial charge is 0.374 e. The lowest BCUT2D eigenvalue weighted by molar-refractivity contribution is -0.0262. The molecule has 2 fully saturated rings. The average Bonchev–Trinajstić information content (AvgIpc) is 2.58. The van der Waals surface area contributed by atoms with Crippen molar-refractivity contribution in [3.05, 3.63) is 0 Å². The van der Waals surface area contributed by atoms with Gasteiger partial charge in [0.15, 0.2) is 5.96 Å². The van der Waals surface area contributed by atoms with E-state index in [-0.39, 0.29) is 30.1 Å². The Labute approximate surface area is 175 Å². The van der Waals surface area contributed by atoms with E-state index in [9.17, 15) is 0 Å². The molecule has 1 N–H and O–H groups in total. The Kier molecular flexibility index (Phi) is 11.8. The maximum Gasteiger partial charge on any atom is 0.194 e. The number of nitrogens with zero attached hydrogens (tertiary/aromatic N) is 3. The number of thioether (sulfide) groups is 1. The Balaban J connectivity index is 0.00000312. The van der Waals surface area contributed by atoms with Gasteiger partial charge in [-0.25, -0.2) is 0 Å². The number of hydrogen-bond donors (Lipinski definition) is 1. The molecule has 2 aliphatic rings. The number of aliphatic imine (C=N–C) groups is 1. The van der Waals surface area contributed by atoms with Crippen LogP contribution in [0.3, 0.4) is 0 Å². The second-order valence-corrected chi connectivity index (χ2v) is 8.60. The molecule has 2 heterocycles. The molecule has 2 atom stereocenters. The fraction of sp³-hybridized carbons (Fsp3) is 0.944. The first-order chi connectivity index (χ1) is 11.6. The zero-order valence-electron chi connectivity index (χ0n) is 16.4. The molecule has 7 heteroatoms. The Bertz CT molecular complexity index is 397. The van der Waals surface area contributed by atoms with Gasteiger partial charge in [0, 0.05) is 50.3 Å². The van der Waals surface area contributed by atoms with Gasteiger partial charge in [0.2, 0.25) is 0 Å². The summed E-state index contributed by atoms with van der Waals surface area (Å²) in [4.78, 5) is 9.87. The van der Waals surface area contributed by atoms with Crippen molar-refractivity contribution in [2.45, 2.75) is 45.5 Å². The third-order valence-electron chi connectivity index (χ3n) is 4.52. The Hall–Kier alpha value is 0.270. The van der Waals surface area contributed by atoms with E-state index in [1.807, 2.05) is 0 Å². The van der Waals surface area contributed by atoms with Gasteiger partial charge in [0.1, 0.15) is 0 Å². The third-order valence-corrected chi connectivity index (χ3v) is 5.89. The van der Waals surface area contributed by atoms with Crippen LogP contribution in [-0.2, 0) is 4.74 Å². The Morgan fingerprint density at radius 2 is 2.08 bits per heavy atom. The predicted molar refractivity (Wildman–Crippen MR) is 121 cm³/mol. The molecule has 0 aromatic heterocycles. The van der Waals surface area contributed by atoms with Crippen LogP contribution in [0.25, 0.3) is 0 Å². The normalized spacial score (nSPS) is 25.8. The maximum atomic E-state index is 5.95. The quantitative estimate of drug-likeness (QED) is 0.357. The van der Waals surface area contributed by atoms with Crippen LogP contribution in [0.15, 0.2) is 4.99 Å². The molecule has 0 aromatic rings. The number of guanidine groups is 1. The van der Waals surface area contributed by atoms with Crippen LogP contribution in [0.1, 0.15) is 34.1 Å². The van der Waals surface area contributed by atoms with Crippen molar-refractivity contribution in [1.29, 1.82) is 0 Å².